The molecule has 0 atom stereocenters. The molecular formula is C82H71BrCl2N16O15. The van der Waals surface area contributed by atoms with Crippen molar-refractivity contribution < 1.29 is 71.5 Å². The Labute approximate surface area is 681 Å². The molecule has 13 rings (SSSR count). The maximum absolute atomic E-state index is 12.3. The van der Waals surface area contributed by atoms with E-state index in [0.29, 0.717) is 102 Å². The minimum Gasteiger partial charge on any atom is -0.497 e. The van der Waals surface area contributed by atoms with E-state index in [4.69, 9.17) is 56.4 Å². The molecule has 0 saturated carbocycles. The van der Waals surface area contributed by atoms with E-state index >= 15 is 0 Å². The summed E-state index contributed by atoms with van der Waals surface area (Å²) < 4.78 is 39.2. The quantitative estimate of drug-likeness (QED) is 0.0263. The first-order chi connectivity index (χ1) is 55.9. The van der Waals surface area contributed by atoms with Crippen LogP contribution in [0.15, 0.2) is 236 Å². The summed E-state index contributed by atoms with van der Waals surface area (Å²) in [7, 11) is 1.60. The highest BCUT2D eigenvalue weighted by molar-refractivity contribution is 9.10. The number of benzene rings is 8. The van der Waals surface area contributed by atoms with Crippen molar-refractivity contribution in [3.8, 4) is 63.8 Å². The lowest BCUT2D eigenvalue weighted by Gasteiger charge is -2.09. The molecule has 590 valence electrons. The van der Waals surface area contributed by atoms with Crippen LogP contribution in [0.4, 0.5) is 46.0 Å². The molecule has 0 aliphatic carbocycles. The molecule has 34 heteroatoms. The lowest BCUT2D eigenvalue weighted by Crippen LogP contribution is -2.14. The first kappa shape index (κ1) is 84.0. The SMILES string of the molecule is CC(=O)Nc1cc(Oc2ccc(NC(=O)Cc3ccc(Cl)c(Cl)c3)cc2)ncn1.CC(=O)Nc1cc(Oc2ccc(NC(=O)Cc3ccc4c(c3)OCO4)cc2)ncn1.CC(=O)Nc1cc(Oc2ccc(NC(=O)Cc3ccccc3Br)cc2)ncn1.COc1ccc(CC(=O)Nc2ccc(Oc3cc(NC(C)=O)ncn3)cc2)cc1. The zero-order chi connectivity index (χ0) is 82.3. The number of anilines is 8. The van der Waals surface area contributed by atoms with Crippen LogP contribution < -0.4 is 75.7 Å². The third-order valence-electron chi connectivity index (χ3n) is 15.2. The topological polar surface area (TPSA) is 401 Å². The third-order valence-corrected chi connectivity index (χ3v) is 16.7. The minimum absolute atomic E-state index is 0.115. The fourth-order valence-corrected chi connectivity index (χ4v) is 10.9. The molecule has 116 heavy (non-hydrogen) atoms. The van der Waals surface area contributed by atoms with Crippen LogP contribution in [0.1, 0.15) is 49.9 Å². The van der Waals surface area contributed by atoms with Gasteiger partial charge in [0, 0.05) is 79.2 Å². The number of hydrogen-bond acceptors (Lipinski definition) is 23. The second-order valence-corrected chi connectivity index (χ2v) is 26.1. The van der Waals surface area contributed by atoms with E-state index in [2.05, 4.69) is 98.3 Å². The molecule has 12 aromatic rings. The summed E-state index contributed by atoms with van der Waals surface area (Å²) in [6.07, 6.45) is 6.10. The van der Waals surface area contributed by atoms with E-state index in [0.717, 1.165) is 32.5 Å². The van der Waals surface area contributed by atoms with Crippen LogP contribution in [0.2, 0.25) is 10.0 Å². The molecule has 1 aliphatic rings. The molecule has 4 aromatic heterocycles. The number of rotatable bonds is 25. The number of nitrogens with one attached hydrogen (secondary N) is 8. The number of halogens is 3. The van der Waals surface area contributed by atoms with E-state index in [1.54, 1.807) is 135 Å². The molecule has 0 fully saturated rings. The molecular weight excluding hydrogens is 1600 g/mol. The van der Waals surface area contributed by atoms with Crippen molar-refractivity contribution in [3.63, 3.8) is 0 Å². The molecule has 0 saturated heterocycles. The van der Waals surface area contributed by atoms with E-state index in [9.17, 15) is 38.4 Å². The number of ether oxygens (including phenoxy) is 7. The Bertz CT molecular complexity index is 5450. The number of aromatic nitrogens is 8. The van der Waals surface area contributed by atoms with Gasteiger partial charge in [-0.25, -0.2) is 39.9 Å². The predicted octanol–water partition coefficient (Wildman–Crippen LogP) is 15.4. The van der Waals surface area contributed by atoms with E-state index in [-0.39, 0.29) is 91.5 Å². The summed E-state index contributed by atoms with van der Waals surface area (Å²) in [6.45, 7) is 5.76. The fraction of sp³-hybridized carbons (Fsp3) is 0.122. The molecule has 0 spiro atoms. The Morgan fingerprint density at radius 2 is 0.664 bits per heavy atom. The van der Waals surface area contributed by atoms with Gasteiger partial charge in [0.1, 0.15) is 77.3 Å². The molecule has 31 nitrogen and oxygen atoms in total. The summed E-state index contributed by atoms with van der Waals surface area (Å²) in [4.78, 5) is 125. The summed E-state index contributed by atoms with van der Waals surface area (Å²) >= 11 is 15.3. The number of fused-ring (bicyclic) bond motifs is 1. The number of carbonyl (C=O) groups is 8. The van der Waals surface area contributed by atoms with Crippen molar-refractivity contribution in [2.75, 3.05) is 56.4 Å². The number of hydrogen-bond donors (Lipinski definition) is 8. The van der Waals surface area contributed by atoms with Crippen molar-refractivity contribution >= 4 is 132 Å². The largest absolute Gasteiger partial charge is 0.497 e. The highest BCUT2D eigenvalue weighted by Gasteiger charge is 2.17. The number of nitrogens with zero attached hydrogens (tertiary/aromatic N) is 8. The maximum atomic E-state index is 12.3. The third kappa shape index (κ3) is 28.4. The second kappa shape index (κ2) is 42.2. The van der Waals surface area contributed by atoms with Crippen molar-refractivity contribution in [1.29, 1.82) is 0 Å². The van der Waals surface area contributed by atoms with E-state index in [1.165, 1.54) is 77.3 Å². The zero-order valence-electron chi connectivity index (χ0n) is 62.3. The molecule has 8 aromatic carbocycles. The van der Waals surface area contributed by atoms with Gasteiger partial charge in [-0.05, 0) is 162 Å². The number of methoxy groups -OCH3 is 1. The van der Waals surface area contributed by atoms with Gasteiger partial charge < -0.3 is 75.7 Å². The normalized spacial score (nSPS) is 10.6. The summed E-state index contributed by atoms with van der Waals surface area (Å²) in [5.74, 6) is 5.21. The van der Waals surface area contributed by atoms with E-state index < -0.39 is 0 Å². The lowest BCUT2D eigenvalue weighted by atomic mass is 10.1. The Balaban J connectivity index is 0.000000163. The van der Waals surface area contributed by atoms with Crippen LogP contribution in [-0.4, -0.2) is 101 Å². The summed E-state index contributed by atoms with van der Waals surface area (Å²) in [6, 6.07) is 59.0. The summed E-state index contributed by atoms with van der Waals surface area (Å²) in [5.41, 5.74) is 5.95. The molecule has 8 N–H and O–H groups in total. The Morgan fingerprint density at radius 1 is 0.345 bits per heavy atom. The average Bonchev–Trinajstić information content (AvgIpc) is 1.67. The van der Waals surface area contributed by atoms with Crippen molar-refractivity contribution in [2.45, 2.75) is 53.4 Å². The molecule has 8 amide bonds. The first-order valence-electron chi connectivity index (χ1n) is 34.8. The average molecular weight is 1670 g/mol. The van der Waals surface area contributed by atoms with Gasteiger partial charge in [-0.3, -0.25) is 38.4 Å². The van der Waals surface area contributed by atoms with Crippen LogP contribution in [0.3, 0.4) is 0 Å². The van der Waals surface area contributed by atoms with E-state index in [1.807, 2.05) is 54.6 Å². The van der Waals surface area contributed by atoms with Crippen LogP contribution in [-0.2, 0) is 64.0 Å². The molecule has 5 heterocycles. The molecule has 1 aliphatic heterocycles. The Morgan fingerprint density at radius 3 is 1.02 bits per heavy atom. The van der Waals surface area contributed by atoms with Gasteiger partial charge in [-0.1, -0.05) is 81.6 Å². The van der Waals surface area contributed by atoms with Gasteiger partial charge in [0.2, 0.25) is 77.6 Å². The van der Waals surface area contributed by atoms with Gasteiger partial charge in [0.05, 0.1) is 42.8 Å². The van der Waals surface area contributed by atoms with Gasteiger partial charge in [-0.2, -0.15) is 0 Å². The van der Waals surface area contributed by atoms with Crippen molar-refractivity contribution in [2.24, 2.45) is 0 Å². The van der Waals surface area contributed by atoms with Gasteiger partial charge in [-0.15, -0.1) is 0 Å². The van der Waals surface area contributed by atoms with Crippen LogP contribution in [0, 0.1) is 0 Å². The Hall–Kier alpha value is -14.5. The zero-order valence-corrected chi connectivity index (χ0v) is 65.4. The maximum Gasteiger partial charge on any atom is 0.231 e. The standard InChI is InChI=1S/C21H18N4O5.C21H20N4O4.C20H17BrN4O3.C20H16Cl2N4O3/c1-13(26)24-19-10-21(23-11-22-19)30-16-5-3-15(4-6-16)25-20(27)9-14-2-7-17-18(8-14)29-12-28-17;1-14(26)24-19-12-21(23-13-22-19)29-18-9-5-16(6-10-18)25-20(27)11-15-3-7-17(28-2)8-4-15;1-13(26)24-18-11-20(23-12-22-18)28-16-8-6-15(7-9-16)25-19(27)10-14-4-2-3-5-17(14)21;1-12(27)25-18-10-20(24-11-23-18)29-15-5-3-14(4-6-15)26-19(28)9-13-2-7-16(21)17(22)8-13/h2-8,10-11H,9,12H2,1H3,(H,25,27)(H,22,23,24,26);3-10,12-13H,11H2,1-2H3,(H,25,27)(H,22,23,24,26);2-9,11-12H,10H2,1H3,(H,25,27)(H,22,23,24,26);2-8,10-11H,9H2,1H3,(H,26,28)(H,23,24,25,27). The highest BCUT2D eigenvalue weighted by Crippen LogP contribution is 2.34. The van der Waals surface area contributed by atoms with Gasteiger partial charge >= 0.3 is 0 Å². The second-order valence-electron chi connectivity index (χ2n) is 24.5. The Kier molecular flexibility index (Phi) is 30.6. The molecule has 0 radical (unpaired) electrons. The summed E-state index contributed by atoms with van der Waals surface area (Å²) in [5, 5.41) is 22.4. The number of carbonyl (C=O) groups excluding carboxylic acids is 8. The number of amides is 8. The molecule has 0 unspecified atom stereocenters. The first-order valence-corrected chi connectivity index (χ1v) is 36.4. The lowest BCUT2D eigenvalue weighted by molar-refractivity contribution is -0.116. The molecule has 0 bridgehead atoms. The van der Waals surface area contributed by atoms with Crippen molar-refractivity contribution in [1.82, 2.24) is 39.9 Å². The minimum atomic E-state index is -0.240. The van der Waals surface area contributed by atoms with Crippen LogP contribution in [0.25, 0.3) is 0 Å². The van der Waals surface area contributed by atoms with Crippen LogP contribution in [0.5, 0.6) is 63.8 Å². The monoisotopic (exact) mass is 1670 g/mol. The van der Waals surface area contributed by atoms with Gasteiger partial charge in [0.15, 0.2) is 11.5 Å². The fourth-order valence-electron chi connectivity index (χ4n) is 10.1. The predicted molar refractivity (Wildman–Crippen MR) is 437 cm³/mol. The highest BCUT2D eigenvalue weighted by atomic mass is 79.9. The smallest absolute Gasteiger partial charge is 0.231 e. The van der Waals surface area contributed by atoms with Crippen LogP contribution >= 0.6 is 39.1 Å². The van der Waals surface area contributed by atoms with Crippen molar-refractivity contribution in [3.05, 3.63) is 268 Å². The van der Waals surface area contributed by atoms with Gasteiger partial charge in [0.25, 0.3) is 0 Å².